The third kappa shape index (κ3) is 4.13. The predicted molar refractivity (Wildman–Crippen MR) is 165 cm³/mol. The third-order valence-electron chi connectivity index (χ3n) is 10.6. The van der Waals surface area contributed by atoms with Crippen molar-refractivity contribution in [3.05, 3.63) is 77.4 Å². The lowest BCUT2D eigenvalue weighted by molar-refractivity contribution is -0.152. The van der Waals surface area contributed by atoms with Gasteiger partial charge in [-0.1, -0.05) is 61.0 Å². The molecule has 3 fully saturated rings. The number of nitrogens with zero attached hydrogens (tertiary/aromatic N) is 2. The molecule has 0 radical (unpaired) electrons. The number of pyridine rings is 1. The molecule has 8 nitrogen and oxygen atoms in total. The fourth-order valence-electron chi connectivity index (χ4n) is 8.70. The van der Waals surface area contributed by atoms with Gasteiger partial charge in [-0.2, -0.15) is 4.98 Å². The van der Waals surface area contributed by atoms with Gasteiger partial charge in [-0.15, -0.1) is 0 Å². The molecule has 7 rings (SSSR count). The molecule has 9 heteroatoms. The van der Waals surface area contributed by atoms with Crippen LogP contribution in [0.25, 0.3) is 0 Å². The molecule has 0 spiro atoms. The predicted octanol–water partition coefficient (Wildman–Crippen LogP) is 4.61. The molecule has 2 saturated heterocycles. The van der Waals surface area contributed by atoms with E-state index in [4.69, 9.17) is 14.2 Å². The number of aromatic nitrogens is 1. The van der Waals surface area contributed by atoms with Crippen LogP contribution in [-0.2, 0) is 15.8 Å². The van der Waals surface area contributed by atoms with Crippen molar-refractivity contribution in [3.8, 4) is 17.5 Å². The molecule has 0 unspecified atom stereocenters. The topological polar surface area (TPSA) is 101 Å². The fraction of sp³-hybridized carbons (Fsp3) is 0.500. The summed E-state index contributed by atoms with van der Waals surface area (Å²) in [6, 6.07) is 20.3. The van der Waals surface area contributed by atoms with E-state index in [2.05, 4.69) is 22.0 Å². The van der Waals surface area contributed by atoms with Crippen molar-refractivity contribution in [1.82, 2.24) is 9.88 Å². The molecule has 1 saturated carbocycles. The Morgan fingerprint density at radius 3 is 2.28 bits per heavy atom. The summed E-state index contributed by atoms with van der Waals surface area (Å²) in [5.41, 5.74) is -1.34. The molecular weight excluding hydrogens is 563 g/mol. The van der Waals surface area contributed by atoms with E-state index in [1.54, 1.807) is 19.4 Å². The van der Waals surface area contributed by atoms with Crippen LogP contribution in [-0.4, -0.2) is 72.4 Å². The second-order valence-corrected chi connectivity index (χ2v) is 16.3. The summed E-state index contributed by atoms with van der Waals surface area (Å²) in [5.74, 6) is 0.0143. The van der Waals surface area contributed by atoms with Gasteiger partial charge in [-0.25, -0.2) is 0 Å². The van der Waals surface area contributed by atoms with Crippen LogP contribution in [0.3, 0.4) is 0 Å². The first-order valence-electron chi connectivity index (χ1n) is 15.3. The van der Waals surface area contributed by atoms with Crippen LogP contribution in [0.2, 0.25) is 0 Å². The van der Waals surface area contributed by atoms with Gasteiger partial charge in [0.1, 0.15) is 12.9 Å². The lowest BCUT2D eigenvalue weighted by Gasteiger charge is -2.41. The lowest BCUT2D eigenvalue weighted by atomic mass is 9.70. The minimum absolute atomic E-state index is 0.159. The molecule has 43 heavy (non-hydrogen) atoms. The van der Waals surface area contributed by atoms with Crippen molar-refractivity contribution in [1.29, 1.82) is 0 Å². The summed E-state index contributed by atoms with van der Waals surface area (Å²) in [6.07, 6.45) is 4.71. The number of piperidine rings is 1. The van der Waals surface area contributed by atoms with E-state index in [1.165, 1.54) is 33.5 Å². The summed E-state index contributed by atoms with van der Waals surface area (Å²) < 4.78 is 31.2. The van der Waals surface area contributed by atoms with Gasteiger partial charge in [0.05, 0.1) is 25.9 Å². The van der Waals surface area contributed by atoms with E-state index in [9.17, 15) is 14.8 Å². The summed E-state index contributed by atoms with van der Waals surface area (Å²) in [6.45, 7) is 4.13. The molecule has 4 heterocycles. The number of fused-ring (bicyclic) bond motifs is 5. The maximum atomic E-state index is 13.2. The zero-order valence-corrected chi connectivity index (χ0v) is 26.2. The molecule has 1 aromatic heterocycles. The minimum atomic E-state index is -2.53. The Morgan fingerprint density at radius 2 is 1.67 bits per heavy atom. The van der Waals surface area contributed by atoms with Gasteiger partial charge in [0.2, 0.25) is 11.8 Å². The van der Waals surface area contributed by atoms with Crippen LogP contribution in [0.1, 0.15) is 54.7 Å². The largest absolute Gasteiger partial charge is 0.481 e. The van der Waals surface area contributed by atoms with Gasteiger partial charge in [0.15, 0.2) is 11.2 Å². The standard InChI is InChI=1S/C34H41N2O6P/c1-40-28-19-27-30(32(35-28)41-2)33(38)31(37)26(20-36-23-11-8-12-24(36)16-15-23)29(21-9-6-5-7-10-21)34(33,42-27)22-13-17-25(18-14-22)43(3,4)39/h5-7,9-10,13-14,17-19,23-24,26,29,31,37-38H,8,11-12,15-16,20H2,1-4H3/t23-,24+,26-,29-,31-,33+,34+/m1/s1. The van der Waals surface area contributed by atoms with Crippen LogP contribution >= 0.6 is 7.14 Å². The van der Waals surface area contributed by atoms with Crippen LogP contribution < -0.4 is 19.5 Å². The molecule has 228 valence electrons. The molecular formula is C34H41N2O6P. The van der Waals surface area contributed by atoms with Crippen LogP contribution in [0.15, 0.2) is 60.7 Å². The van der Waals surface area contributed by atoms with Gasteiger partial charge in [-0.3, -0.25) is 4.90 Å². The summed E-state index contributed by atoms with van der Waals surface area (Å²) in [7, 11) is 0.485. The number of rotatable bonds is 7. The van der Waals surface area contributed by atoms with Crippen molar-refractivity contribution in [2.75, 3.05) is 34.1 Å². The number of methoxy groups -OCH3 is 2. The number of hydrogen-bond acceptors (Lipinski definition) is 8. The average molecular weight is 605 g/mol. The van der Waals surface area contributed by atoms with Crippen LogP contribution in [0.5, 0.6) is 17.5 Å². The van der Waals surface area contributed by atoms with Gasteiger partial charge in [-0.05, 0) is 50.1 Å². The monoisotopic (exact) mass is 604 g/mol. The summed E-state index contributed by atoms with van der Waals surface area (Å²) >= 11 is 0. The second-order valence-electron chi connectivity index (χ2n) is 13.1. The Balaban J connectivity index is 1.48. The highest BCUT2D eigenvalue weighted by atomic mass is 31.2. The fourth-order valence-corrected chi connectivity index (χ4v) is 9.57. The smallest absolute Gasteiger partial charge is 0.226 e. The second kappa shape index (κ2) is 10.3. The number of ether oxygens (including phenoxy) is 3. The number of hydrogen-bond donors (Lipinski definition) is 2. The van der Waals surface area contributed by atoms with E-state index in [0.29, 0.717) is 35.5 Å². The third-order valence-corrected chi connectivity index (χ3v) is 12.1. The van der Waals surface area contributed by atoms with E-state index >= 15 is 0 Å². The first-order chi connectivity index (χ1) is 20.6. The Morgan fingerprint density at radius 1 is 1.00 bits per heavy atom. The molecule has 1 aliphatic carbocycles. The summed E-state index contributed by atoms with van der Waals surface area (Å²) in [5, 5.41) is 26.5. The van der Waals surface area contributed by atoms with E-state index < -0.39 is 30.4 Å². The highest BCUT2D eigenvalue weighted by Crippen LogP contribution is 2.70. The van der Waals surface area contributed by atoms with E-state index in [0.717, 1.165) is 23.7 Å². The number of benzene rings is 2. The Labute approximate surface area is 253 Å². The van der Waals surface area contributed by atoms with Gasteiger partial charge >= 0.3 is 0 Å². The highest BCUT2D eigenvalue weighted by Gasteiger charge is 2.77. The molecule has 3 aromatic rings. The Kier molecular flexibility index (Phi) is 6.93. The van der Waals surface area contributed by atoms with E-state index in [1.807, 2.05) is 42.5 Å². The Hall–Kier alpha value is -2.90. The van der Waals surface area contributed by atoms with Crippen LogP contribution in [0.4, 0.5) is 0 Å². The highest BCUT2D eigenvalue weighted by molar-refractivity contribution is 7.70. The molecule has 7 atom stereocenters. The molecule has 0 amide bonds. The number of aliphatic hydroxyl groups excluding tert-OH is 1. The van der Waals surface area contributed by atoms with Crippen molar-refractivity contribution in [3.63, 3.8) is 0 Å². The SMILES string of the molecule is COc1cc2c(c(OC)n1)[C@]1(O)[C@H](O)[C@H](CN3[C@@H]4CCC[C@H]3CC4)[C@@H](c3ccccc3)[C@]1(c1ccc(P(C)(C)=O)cc1)O2. The zero-order valence-electron chi connectivity index (χ0n) is 25.3. The maximum Gasteiger partial charge on any atom is 0.226 e. The van der Waals surface area contributed by atoms with Crippen molar-refractivity contribution >= 4 is 12.4 Å². The van der Waals surface area contributed by atoms with Gasteiger partial charge in [0.25, 0.3) is 0 Å². The summed E-state index contributed by atoms with van der Waals surface area (Å²) in [4.78, 5) is 7.11. The van der Waals surface area contributed by atoms with Crippen molar-refractivity contribution in [2.45, 2.75) is 67.4 Å². The minimum Gasteiger partial charge on any atom is -0.481 e. The first kappa shape index (κ1) is 28.8. The van der Waals surface area contributed by atoms with Crippen molar-refractivity contribution < 1.29 is 29.0 Å². The normalized spacial score (nSPS) is 33.1. The van der Waals surface area contributed by atoms with Crippen molar-refractivity contribution in [2.24, 2.45) is 5.92 Å². The molecule has 2 N–H and O–H groups in total. The zero-order chi connectivity index (χ0) is 30.1. The van der Waals surface area contributed by atoms with Gasteiger partial charge in [0, 0.05) is 41.8 Å². The average Bonchev–Trinajstić information content (AvgIpc) is 3.47. The lowest BCUT2D eigenvalue weighted by Crippen LogP contribution is -2.52. The van der Waals surface area contributed by atoms with Crippen LogP contribution in [0, 0.1) is 5.92 Å². The molecule has 2 bridgehead atoms. The quantitative estimate of drug-likeness (QED) is 0.377. The van der Waals surface area contributed by atoms with E-state index in [-0.39, 0.29) is 17.7 Å². The Bertz CT molecular complexity index is 1550. The number of aliphatic hydroxyl groups is 2. The maximum absolute atomic E-state index is 13.2. The van der Waals surface area contributed by atoms with Gasteiger partial charge < -0.3 is 29.0 Å². The molecule has 3 aliphatic heterocycles. The molecule has 4 aliphatic rings. The first-order valence-corrected chi connectivity index (χ1v) is 17.9. The molecule has 2 aromatic carbocycles.